The molecule has 30 heavy (non-hydrogen) atoms. The van der Waals surface area contributed by atoms with E-state index in [-0.39, 0.29) is 13.2 Å². The van der Waals surface area contributed by atoms with Crippen molar-refractivity contribution in [3.05, 3.63) is 59.9 Å². The van der Waals surface area contributed by atoms with Crippen molar-refractivity contribution < 1.29 is 28.2 Å². The lowest BCUT2D eigenvalue weighted by Gasteiger charge is -2.35. The maximum Gasteiger partial charge on any atom is 0.337 e. The van der Waals surface area contributed by atoms with Crippen LogP contribution in [0, 0.1) is 5.82 Å². The van der Waals surface area contributed by atoms with E-state index in [1.807, 2.05) is 0 Å². The summed E-state index contributed by atoms with van der Waals surface area (Å²) in [5.41, 5.74) is 0.0847. The Labute approximate surface area is 174 Å². The molecular weight excluding hydrogens is 391 g/mol. The maximum atomic E-state index is 13.0. The van der Waals surface area contributed by atoms with Crippen molar-refractivity contribution in [1.82, 2.24) is 4.90 Å². The van der Waals surface area contributed by atoms with Crippen molar-refractivity contribution in [2.24, 2.45) is 0 Å². The summed E-state index contributed by atoms with van der Waals surface area (Å²) in [5.74, 6) is -1.41. The normalized spacial score (nSPS) is 10.8. The van der Waals surface area contributed by atoms with Gasteiger partial charge in [0.2, 0.25) is 5.91 Å². The number of halogens is 1. The lowest BCUT2D eigenvalue weighted by atomic mass is 10.1. The first kappa shape index (κ1) is 22.9. The van der Waals surface area contributed by atoms with Crippen LogP contribution in [0.25, 0.3) is 0 Å². The first-order chi connectivity index (χ1) is 14.1. The van der Waals surface area contributed by atoms with E-state index in [1.54, 1.807) is 39.0 Å². The molecule has 0 atom stereocenters. The zero-order valence-electron chi connectivity index (χ0n) is 17.4. The molecule has 0 aromatic heterocycles. The monoisotopic (exact) mass is 416 g/mol. The third kappa shape index (κ3) is 6.58. The number of amides is 2. The maximum absolute atomic E-state index is 13.0. The second-order valence-electron chi connectivity index (χ2n) is 7.51. The van der Waals surface area contributed by atoms with Crippen LogP contribution in [0.1, 0.15) is 31.1 Å². The summed E-state index contributed by atoms with van der Waals surface area (Å²) >= 11 is 0. The molecule has 7 nitrogen and oxygen atoms in total. The summed E-state index contributed by atoms with van der Waals surface area (Å²) in [6, 6.07) is 11.6. The second-order valence-corrected chi connectivity index (χ2v) is 7.51. The van der Waals surface area contributed by atoms with Gasteiger partial charge in [-0.1, -0.05) is 6.07 Å². The van der Waals surface area contributed by atoms with Gasteiger partial charge in [-0.2, -0.15) is 0 Å². The molecule has 0 unspecified atom stereocenters. The number of nitrogens with one attached hydrogen (secondary N) is 1. The number of ether oxygens (including phenoxy) is 2. The molecule has 0 saturated carbocycles. The van der Waals surface area contributed by atoms with Gasteiger partial charge in [0.05, 0.1) is 12.7 Å². The van der Waals surface area contributed by atoms with Crippen molar-refractivity contribution >= 4 is 23.5 Å². The Kier molecular flexibility index (Phi) is 7.52. The molecule has 8 heteroatoms. The Hall–Kier alpha value is -3.42. The molecule has 0 spiro atoms. The van der Waals surface area contributed by atoms with Crippen LogP contribution in [0.15, 0.2) is 48.5 Å². The minimum Gasteiger partial charge on any atom is -0.484 e. The highest BCUT2D eigenvalue weighted by atomic mass is 19.1. The molecule has 0 aliphatic rings. The summed E-state index contributed by atoms with van der Waals surface area (Å²) in [4.78, 5) is 38.1. The van der Waals surface area contributed by atoms with Gasteiger partial charge in [-0.05, 0) is 63.2 Å². The fourth-order valence-corrected chi connectivity index (χ4v) is 2.63. The van der Waals surface area contributed by atoms with E-state index in [0.29, 0.717) is 17.0 Å². The van der Waals surface area contributed by atoms with E-state index >= 15 is 0 Å². The van der Waals surface area contributed by atoms with Gasteiger partial charge in [0.1, 0.15) is 18.1 Å². The van der Waals surface area contributed by atoms with E-state index in [9.17, 15) is 18.8 Å². The summed E-state index contributed by atoms with van der Waals surface area (Å²) in [6.07, 6.45) is 0. The molecule has 0 bridgehead atoms. The minimum absolute atomic E-state index is 0.203. The molecule has 2 amide bonds. The van der Waals surface area contributed by atoms with Gasteiger partial charge < -0.3 is 19.7 Å². The Balaban J connectivity index is 2.02. The van der Waals surface area contributed by atoms with Crippen LogP contribution >= 0.6 is 0 Å². The van der Waals surface area contributed by atoms with Gasteiger partial charge in [-0.25, -0.2) is 9.18 Å². The smallest absolute Gasteiger partial charge is 0.337 e. The summed E-state index contributed by atoms with van der Waals surface area (Å²) in [7, 11) is 1.28. The first-order valence-electron chi connectivity index (χ1n) is 9.27. The molecule has 2 aromatic carbocycles. The second kappa shape index (κ2) is 9.87. The standard InChI is InChI=1S/C22H25FN2O5/c1-22(2,3)25(13-19(26)24-17-10-8-16(23)9-11-17)20(27)14-30-18-7-5-6-15(12-18)21(28)29-4/h5-12H,13-14H2,1-4H3,(H,24,26). The molecule has 2 aromatic rings. The predicted octanol–water partition coefficient (Wildman–Crippen LogP) is 3.26. The van der Waals surface area contributed by atoms with E-state index in [0.717, 1.165) is 0 Å². The number of hydrogen-bond acceptors (Lipinski definition) is 5. The molecule has 0 radical (unpaired) electrons. The van der Waals surface area contributed by atoms with Crippen molar-refractivity contribution in [2.45, 2.75) is 26.3 Å². The fourth-order valence-electron chi connectivity index (χ4n) is 2.63. The number of carbonyl (C=O) groups excluding carboxylic acids is 3. The first-order valence-corrected chi connectivity index (χ1v) is 9.27. The number of hydrogen-bond donors (Lipinski definition) is 1. The van der Waals surface area contributed by atoms with Crippen LogP contribution in [0.2, 0.25) is 0 Å². The largest absolute Gasteiger partial charge is 0.484 e. The number of carbonyl (C=O) groups is 3. The molecule has 0 fully saturated rings. The lowest BCUT2D eigenvalue weighted by molar-refractivity contribution is -0.141. The molecule has 160 valence electrons. The van der Waals surface area contributed by atoms with E-state index in [1.165, 1.54) is 42.3 Å². The van der Waals surface area contributed by atoms with Crippen molar-refractivity contribution in [3.8, 4) is 5.75 Å². The number of benzene rings is 2. The Morgan fingerprint density at radius 2 is 1.73 bits per heavy atom. The summed E-state index contributed by atoms with van der Waals surface area (Å²) in [6.45, 7) is 4.88. The van der Waals surface area contributed by atoms with Crippen LogP contribution in [-0.2, 0) is 14.3 Å². The van der Waals surface area contributed by atoms with E-state index in [4.69, 9.17) is 4.74 Å². The highest BCUT2D eigenvalue weighted by Gasteiger charge is 2.29. The topological polar surface area (TPSA) is 84.9 Å². The van der Waals surface area contributed by atoms with Crippen LogP contribution in [0.5, 0.6) is 5.75 Å². The van der Waals surface area contributed by atoms with Crippen LogP contribution in [0.4, 0.5) is 10.1 Å². The molecular formula is C22H25FN2O5. The minimum atomic E-state index is -0.644. The van der Waals surface area contributed by atoms with Crippen molar-refractivity contribution in [3.63, 3.8) is 0 Å². The van der Waals surface area contributed by atoms with Gasteiger partial charge in [0.15, 0.2) is 6.61 Å². The SMILES string of the molecule is COC(=O)c1cccc(OCC(=O)N(CC(=O)Nc2ccc(F)cc2)C(C)(C)C)c1. The fraction of sp³-hybridized carbons (Fsp3) is 0.318. The average molecular weight is 416 g/mol. The Morgan fingerprint density at radius 1 is 1.07 bits per heavy atom. The van der Waals surface area contributed by atoms with E-state index in [2.05, 4.69) is 10.1 Å². The van der Waals surface area contributed by atoms with Gasteiger partial charge in [-0.15, -0.1) is 0 Å². The lowest BCUT2D eigenvalue weighted by Crippen LogP contribution is -2.51. The highest BCUT2D eigenvalue weighted by molar-refractivity contribution is 5.95. The van der Waals surface area contributed by atoms with Crippen molar-refractivity contribution in [2.75, 3.05) is 25.6 Å². The summed E-state index contributed by atoms with van der Waals surface area (Å²) in [5, 5.41) is 2.64. The zero-order chi connectivity index (χ0) is 22.3. The zero-order valence-corrected chi connectivity index (χ0v) is 17.4. The number of anilines is 1. The summed E-state index contributed by atoms with van der Waals surface area (Å²) < 4.78 is 23.2. The van der Waals surface area contributed by atoms with Gasteiger partial charge >= 0.3 is 5.97 Å². The predicted molar refractivity (Wildman–Crippen MR) is 110 cm³/mol. The van der Waals surface area contributed by atoms with Crippen LogP contribution < -0.4 is 10.1 Å². The highest BCUT2D eigenvalue weighted by Crippen LogP contribution is 2.17. The number of esters is 1. The average Bonchev–Trinajstić information content (AvgIpc) is 2.70. The molecule has 0 aliphatic carbocycles. The number of rotatable bonds is 7. The molecule has 0 aliphatic heterocycles. The molecule has 0 saturated heterocycles. The number of methoxy groups -OCH3 is 1. The Morgan fingerprint density at radius 3 is 2.33 bits per heavy atom. The van der Waals surface area contributed by atoms with E-state index < -0.39 is 29.1 Å². The van der Waals surface area contributed by atoms with Crippen molar-refractivity contribution in [1.29, 1.82) is 0 Å². The third-order valence-electron chi connectivity index (χ3n) is 4.16. The Bertz CT molecular complexity index is 906. The van der Waals surface area contributed by atoms with Crippen LogP contribution in [0.3, 0.4) is 0 Å². The van der Waals surface area contributed by atoms with Gasteiger partial charge in [0.25, 0.3) is 5.91 Å². The quantitative estimate of drug-likeness (QED) is 0.701. The van der Waals surface area contributed by atoms with Gasteiger partial charge in [0, 0.05) is 11.2 Å². The molecule has 0 heterocycles. The van der Waals surface area contributed by atoms with Crippen LogP contribution in [-0.4, -0.2) is 48.5 Å². The molecule has 1 N–H and O–H groups in total. The molecule has 2 rings (SSSR count). The number of nitrogens with zero attached hydrogens (tertiary/aromatic N) is 1. The van der Waals surface area contributed by atoms with Gasteiger partial charge in [-0.3, -0.25) is 9.59 Å². The third-order valence-corrected chi connectivity index (χ3v) is 4.16.